The summed E-state index contributed by atoms with van der Waals surface area (Å²) in [5.74, 6) is -9.63. The molecule has 1 aromatic rings. The monoisotopic (exact) mass is 1010 g/mol. The van der Waals surface area contributed by atoms with Crippen LogP contribution in [0.4, 0.5) is 0 Å². The highest BCUT2D eigenvalue weighted by Crippen LogP contribution is 2.30. The fourth-order valence-electron chi connectivity index (χ4n) is 7.03. The maximum atomic E-state index is 14.5. The van der Waals surface area contributed by atoms with Crippen LogP contribution in [0.5, 0.6) is 5.75 Å². The summed E-state index contributed by atoms with van der Waals surface area (Å²) in [6, 6.07) is -2.35. The summed E-state index contributed by atoms with van der Waals surface area (Å²) < 4.78 is 0. The van der Waals surface area contributed by atoms with E-state index in [-0.39, 0.29) is 61.3 Å². The molecule has 0 radical (unpaired) electrons. The van der Waals surface area contributed by atoms with Crippen LogP contribution in [0.25, 0.3) is 0 Å². The molecule has 69 heavy (non-hydrogen) atoms. The van der Waals surface area contributed by atoms with E-state index >= 15 is 0 Å². The zero-order chi connectivity index (χ0) is 51.4. The highest BCUT2D eigenvalue weighted by molar-refractivity contribution is 8.76. The molecule has 1 aliphatic heterocycles. The van der Waals surface area contributed by atoms with Crippen LogP contribution in [0, 0.1) is 17.8 Å². The van der Waals surface area contributed by atoms with Crippen molar-refractivity contribution in [1.82, 2.24) is 42.1 Å². The first-order valence-corrected chi connectivity index (χ1v) is 25.3. The molecule has 382 valence electrons. The number of nitrogens with two attached hydrogens (primary N) is 3. The summed E-state index contributed by atoms with van der Waals surface area (Å²) in [4.78, 5) is 148. The average molecular weight is 1010 g/mol. The van der Waals surface area contributed by atoms with Gasteiger partial charge in [-0.1, -0.05) is 67.8 Å². The SMILES string of the molecule is CC[C@H](C)[C@@H]1NC(=O)[C@H](Cc2ccc(O)cc2)NC(=O)CCSSC[C@@H](C(=O)N(CC(=O)N[C@@H](CC(C)C)C(=O)NCC(N)=O)CC2CC2)NC(=O)[C@H](CC(N)=O)NC(=O)[C@H](CCC(N)=O)NC1=O. The van der Waals surface area contributed by atoms with Crippen molar-refractivity contribution in [2.75, 3.05) is 31.1 Å². The third-order valence-electron chi connectivity index (χ3n) is 11.1. The first-order chi connectivity index (χ1) is 32.6. The molecule has 23 nitrogen and oxygen atoms in total. The Kier molecular flexibility index (Phi) is 23.5. The van der Waals surface area contributed by atoms with E-state index in [4.69, 9.17) is 17.2 Å². The van der Waals surface area contributed by atoms with Gasteiger partial charge in [-0.2, -0.15) is 0 Å². The van der Waals surface area contributed by atoms with Gasteiger partial charge in [0, 0.05) is 37.3 Å². The van der Waals surface area contributed by atoms with Gasteiger partial charge in [0.05, 0.1) is 19.5 Å². The van der Waals surface area contributed by atoms with Crippen molar-refractivity contribution < 1.29 is 57.8 Å². The summed E-state index contributed by atoms with van der Waals surface area (Å²) in [5, 5.41) is 27.8. The van der Waals surface area contributed by atoms with Crippen molar-refractivity contribution in [2.45, 2.75) is 122 Å². The first-order valence-electron chi connectivity index (χ1n) is 22.8. The number of phenolic OH excluding ortho intramolecular Hbond substituents is 1. The molecule has 1 aliphatic carbocycles. The highest BCUT2D eigenvalue weighted by Gasteiger charge is 2.37. The number of nitrogens with zero attached hydrogens (tertiary/aromatic N) is 1. The Labute approximate surface area is 408 Å². The number of amides is 11. The van der Waals surface area contributed by atoms with E-state index in [9.17, 15) is 57.8 Å². The maximum Gasteiger partial charge on any atom is 0.246 e. The molecule has 1 aromatic carbocycles. The van der Waals surface area contributed by atoms with Crippen LogP contribution in [0.3, 0.4) is 0 Å². The number of primary amides is 3. The zero-order valence-electron chi connectivity index (χ0n) is 39.3. The van der Waals surface area contributed by atoms with Gasteiger partial charge in [-0.15, -0.1) is 0 Å². The molecular weight excluding hydrogens is 939 g/mol. The molecule has 3 rings (SSSR count). The molecule has 7 atom stereocenters. The van der Waals surface area contributed by atoms with Gasteiger partial charge in [0.1, 0.15) is 42.0 Å². The van der Waals surface area contributed by atoms with Crippen LogP contribution in [0.15, 0.2) is 24.3 Å². The number of carbonyl (C=O) groups is 11. The molecule has 1 saturated carbocycles. The van der Waals surface area contributed by atoms with Crippen molar-refractivity contribution in [3.63, 3.8) is 0 Å². The smallest absolute Gasteiger partial charge is 0.246 e. The minimum Gasteiger partial charge on any atom is -0.508 e. The molecule has 25 heteroatoms. The lowest BCUT2D eigenvalue weighted by Gasteiger charge is -2.30. The van der Waals surface area contributed by atoms with Crippen LogP contribution in [0.1, 0.15) is 84.6 Å². The molecule has 0 spiro atoms. The third kappa shape index (κ3) is 21.0. The van der Waals surface area contributed by atoms with Crippen molar-refractivity contribution in [2.24, 2.45) is 35.0 Å². The molecule has 0 aromatic heterocycles. The van der Waals surface area contributed by atoms with Gasteiger partial charge in [0.2, 0.25) is 65.0 Å². The van der Waals surface area contributed by atoms with Gasteiger partial charge in [0.25, 0.3) is 0 Å². The Hall–Kier alpha value is -6.11. The Balaban J connectivity index is 2.03. The van der Waals surface area contributed by atoms with E-state index in [2.05, 4.69) is 37.2 Å². The van der Waals surface area contributed by atoms with Crippen molar-refractivity contribution in [3.05, 3.63) is 29.8 Å². The molecular formula is C44H67N11O12S2. The minimum absolute atomic E-state index is 0.0186. The lowest BCUT2D eigenvalue weighted by molar-refractivity contribution is -0.140. The largest absolute Gasteiger partial charge is 0.508 e. The van der Waals surface area contributed by atoms with Crippen LogP contribution in [0.2, 0.25) is 0 Å². The number of aromatic hydroxyl groups is 1. The van der Waals surface area contributed by atoms with Crippen molar-refractivity contribution in [1.29, 1.82) is 0 Å². The molecule has 1 saturated heterocycles. The van der Waals surface area contributed by atoms with Crippen molar-refractivity contribution in [3.8, 4) is 5.75 Å². The second-order valence-electron chi connectivity index (χ2n) is 17.7. The van der Waals surface area contributed by atoms with Gasteiger partial charge in [-0.05, 0) is 61.1 Å². The number of hydrogen-bond acceptors (Lipinski definition) is 14. The molecule has 2 aliphatic rings. The molecule has 1 heterocycles. The Morgan fingerprint density at radius 1 is 0.797 bits per heavy atom. The quantitative estimate of drug-likeness (QED) is 0.0613. The fraction of sp³-hybridized carbons (Fsp3) is 0.614. The second-order valence-corrected chi connectivity index (χ2v) is 20.3. The predicted octanol–water partition coefficient (Wildman–Crippen LogP) is -2.30. The summed E-state index contributed by atoms with van der Waals surface area (Å²) in [6.07, 6.45) is 0.300. The standard InChI is InChI=1S/C44H67N11O12S2/c1-5-24(4)38-43(66)51-28(12-13-33(45)57)40(63)52-31(18-34(46)58)41(64)53-32(22-69-68-15-14-36(60)49-30(42(65)54-38)17-25-8-10-27(56)11-9-25)44(67)55(20-26-6-7-26)21-37(61)50-29(16-23(2)3)39(62)48-19-35(47)59/h8-11,23-24,26,28-32,38,56H,5-7,12-22H2,1-4H3,(H2,45,57)(H2,46,58)(H2,47,59)(H,48,62)(H,49,60)(H,50,61)(H,51,66)(H,52,63)(H,53,64)(H,54,65)/t24-,28-,29-,30-,31-,32-,38-/m0/s1. The number of carbonyl (C=O) groups excluding carboxylic acids is 11. The van der Waals surface area contributed by atoms with E-state index < -0.39 is 133 Å². The molecule has 14 N–H and O–H groups in total. The van der Waals surface area contributed by atoms with Gasteiger partial charge in [0.15, 0.2) is 0 Å². The minimum atomic E-state index is -1.73. The van der Waals surface area contributed by atoms with E-state index in [0.29, 0.717) is 12.0 Å². The molecule has 0 bridgehead atoms. The number of nitrogens with one attached hydrogen (secondary N) is 7. The van der Waals surface area contributed by atoms with E-state index in [0.717, 1.165) is 34.4 Å². The van der Waals surface area contributed by atoms with Gasteiger partial charge in [-0.3, -0.25) is 52.7 Å². The van der Waals surface area contributed by atoms with Gasteiger partial charge >= 0.3 is 0 Å². The van der Waals surface area contributed by atoms with Crippen LogP contribution >= 0.6 is 21.6 Å². The topological polar surface area (TPSA) is 374 Å². The van der Waals surface area contributed by atoms with Crippen LogP contribution < -0.4 is 54.4 Å². The maximum absolute atomic E-state index is 14.5. The van der Waals surface area contributed by atoms with E-state index in [1.54, 1.807) is 26.0 Å². The van der Waals surface area contributed by atoms with Gasteiger partial charge in [-0.25, -0.2) is 0 Å². The summed E-state index contributed by atoms with van der Waals surface area (Å²) in [5.41, 5.74) is 16.7. The molecule has 2 fully saturated rings. The highest BCUT2D eigenvalue weighted by atomic mass is 33.1. The summed E-state index contributed by atoms with van der Waals surface area (Å²) in [6.45, 7) is 6.16. The zero-order valence-corrected chi connectivity index (χ0v) is 41.0. The van der Waals surface area contributed by atoms with Crippen LogP contribution in [-0.2, 0) is 59.2 Å². The Morgan fingerprint density at radius 2 is 1.43 bits per heavy atom. The molecule has 0 unspecified atom stereocenters. The molecule has 11 amide bonds. The Morgan fingerprint density at radius 3 is 2.03 bits per heavy atom. The second kappa shape index (κ2) is 28.4. The van der Waals surface area contributed by atoms with Gasteiger partial charge < -0.3 is 64.4 Å². The summed E-state index contributed by atoms with van der Waals surface area (Å²) in [7, 11) is 2.24. The predicted molar refractivity (Wildman–Crippen MR) is 256 cm³/mol. The lowest BCUT2D eigenvalue weighted by Crippen LogP contribution is -2.61. The number of phenols is 1. The number of rotatable bonds is 20. The lowest BCUT2D eigenvalue weighted by atomic mass is 9.96. The summed E-state index contributed by atoms with van der Waals surface area (Å²) >= 11 is 0. The van der Waals surface area contributed by atoms with E-state index in [1.807, 2.05) is 13.8 Å². The third-order valence-corrected chi connectivity index (χ3v) is 13.5. The van der Waals surface area contributed by atoms with Crippen molar-refractivity contribution >= 4 is 86.6 Å². The normalized spacial score (nSPS) is 22.0. The fourth-order valence-corrected chi connectivity index (χ4v) is 9.18. The Bertz CT molecular complexity index is 2020. The van der Waals surface area contributed by atoms with E-state index in [1.165, 1.54) is 17.0 Å². The first kappa shape index (κ1) is 57.2. The average Bonchev–Trinajstić information content (AvgIpc) is 4.10. The number of benzene rings is 1. The number of hydrogen-bond donors (Lipinski definition) is 11. The van der Waals surface area contributed by atoms with Crippen LogP contribution in [-0.4, -0.2) is 142 Å².